The molecule has 1 heterocycles. The Morgan fingerprint density at radius 1 is 0.926 bits per heavy atom. The second-order valence-electron chi connectivity index (χ2n) is 6.82. The van der Waals surface area contributed by atoms with Crippen LogP contribution in [0.2, 0.25) is 0 Å². The average molecular weight is 369 g/mol. The summed E-state index contributed by atoms with van der Waals surface area (Å²) in [5.41, 5.74) is 0.973. The van der Waals surface area contributed by atoms with Gasteiger partial charge in [0.05, 0.1) is 25.6 Å². The van der Waals surface area contributed by atoms with E-state index in [1.54, 1.807) is 12.4 Å². The van der Waals surface area contributed by atoms with Crippen molar-refractivity contribution < 1.29 is 9.47 Å². The largest absolute Gasteiger partial charge is 0.494 e. The number of hydrogen-bond donors (Lipinski definition) is 0. The molecule has 4 heteroatoms. The zero-order chi connectivity index (χ0) is 19.3. The van der Waals surface area contributed by atoms with Crippen LogP contribution >= 0.6 is 0 Å². The number of aromatic nitrogens is 2. The third kappa shape index (κ3) is 7.81. The first-order chi connectivity index (χ1) is 13.2. The van der Waals surface area contributed by atoms with Gasteiger partial charge < -0.3 is 9.47 Å². The Bertz CT molecular complexity index is 666. The fourth-order valence-corrected chi connectivity index (χ4v) is 2.44. The van der Waals surface area contributed by atoms with Gasteiger partial charge in [-0.3, -0.25) is 0 Å². The topological polar surface area (TPSA) is 44.2 Å². The molecule has 146 valence electrons. The lowest BCUT2D eigenvalue weighted by atomic mass is 10.1. The van der Waals surface area contributed by atoms with E-state index in [2.05, 4.69) is 42.9 Å². The van der Waals surface area contributed by atoms with Gasteiger partial charge in [0.1, 0.15) is 5.75 Å². The van der Waals surface area contributed by atoms with Crippen LogP contribution in [0.5, 0.6) is 11.5 Å². The highest BCUT2D eigenvalue weighted by Crippen LogP contribution is 2.21. The summed E-state index contributed by atoms with van der Waals surface area (Å²) >= 11 is 0. The Kier molecular flexibility index (Phi) is 9.39. The molecule has 0 radical (unpaired) electrons. The molecule has 1 atom stereocenters. The summed E-state index contributed by atoms with van der Waals surface area (Å²) < 4.78 is 11.5. The molecule has 0 saturated heterocycles. The summed E-state index contributed by atoms with van der Waals surface area (Å²) in [6, 6.07) is 7.94. The van der Waals surface area contributed by atoms with E-state index in [4.69, 9.17) is 9.47 Å². The van der Waals surface area contributed by atoms with Crippen molar-refractivity contribution in [3.8, 4) is 22.9 Å². The molecule has 0 aliphatic rings. The molecule has 0 N–H and O–H groups in total. The third-order valence-electron chi connectivity index (χ3n) is 4.41. The molecule has 4 nitrogen and oxygen atoms in total. The highest BCUT2D eigenvalue weighted by Gasteiger charge is 2.05. The lowest BCUT2D eigenvalue weighted by molar-refractivity contribution is 0.255. The van der Waals surface area contributed by atoms with Crippen LogP contribution in [0.25, 0.3) is 11.4 Å². The van der Waals surface area contributed by atoms with Crippen molar-refractivity contribution in [1.82, 2.24) is 9.97 Å². The lowest BCUT2D eigenvalue weighted by Crippen LogP contribution is -2.07. The Labute approximate surface area is 163 Å². The van der Waals surface area contributed by atoms with Crippen LogP contribution in [0, 0.1) is 5.92 Å². The molecule has 1 aromatic heterocycles. The van der Waals surface area contributed by atoms with Gasteiger partial charge in [0.15, 0.2) is 11.6 Å². The van der Waals surface area contributed by atoms with Crippen LogP contribution in [-0.2, 0) is 0 Å². The fourth-order valence-electron chi connectivity index (χ4n) is 2.44. The van der Waals surface area contributed by atoms with E-state index in [-0.39, 0.29) is 0 Å². The second kappa shape index (κ2) is 12.1. The SMILES string of the molecule is CCC=CCCCCOc1ccc(-c2ncc(OC[C@@H](C)CC)cn2)cc1. The van der Waals surface area contributed by atoms with E-state index < -0.39 is 0 Å². The Morgan fingerprint density at radius 2 is 1.67 bits per heavy atom. The van der Waals surface area contributed by atoms with Crippen LogP contribution in [0.4, 0.5) is 0 Å². The van der Waals surface area contributed by atoms with Gasteiger partial charge in [-0.15, -0.1) is 0 Å². The minimum absolute atomic E-state index is 0.532. The summed E-state index contributed by atoms with van der Waals surface area (Å²) in [4.78, 5) is 8.82. The molecule has 0 spiro atoms. The molecule has 0 unspecified atom stereocenters. The van der Waals surface area contributed by atoms with E-state index in [1.165, 1.54) is 0 Å². The number of unbranched alkanes of at least 4 members (excludes halogenated alkanes) is 2. The van der Waals surface area contributed by atoms with Gasteiger partial charge in [-0.05, 0) is 55.9 Å². The predicted octanol–water partition coefficient (Wildman–Crippen LogP) is 6.08. The molecule has 0 amide bonds. The number of nitrogens with zero attached hydrogens (tertiary/aromatic N) is 2. The Morgan fingerprint density at radius 3 is 2.33 bits per heavy atom. The van der Waals surface area contributed by atoms with Crippen molar-refractivity contribution in [1.29, 1.82) is 0 Å². The van der Waals surface area contributed by atoms with E-state index in [0.717, 1.165) is 50.0 Å². The van der Waals surface area contributed by atoms with Crippen molar-refractivity contribution in [3.63, 3.8) is 0 Å². The summed E-state index contributed by atoms with van der Waals surface area (Å²) in [5.74, 6) is 2.83. The smallest absolute Gasteiger partial charge is 0.159 e. The van der Waals surface area contributed by atoms with Gasteiger partial charge in [0, 0.05) is 5.56 Å². The number of ether oxygens (including phenoxy) is 2. The fraction of sp³-hybridized carbons (Fsp3) is 0.478. The maximum absolute atomic E-state index is 5.80. The van der Waals surface area contributed by atoms with Gasteiger partial charge >= 0.3 is 0 Å². The van der Waals surface area contributed by atoms with E-state index in [1.807, 2.05) is 24.3 Å². The summed E-state index contributed by atoms with van der Waals surface area (Å²) in [6.45, 7) is 7.93. The highest BCUT2D eigenvalue weighted by atomic mass is 16.5. The molecular weight excluding hydrogens is 336 g/mol. The molecule has 0 bridgehead atoms. The molecule has 1 aromatic carbocycles. The lowest BCUT2D eigenvalue weighted by Gasteiger charge is -2.10. The average Bonchev–Trinajstić information content (AvgIpc) is 2.72. The maximum atomic E-state index is 5.80. The van der Waals surface area contributed by atoms with Gasteiger partial charge in [-0.25, -0.2) is 9.97 Å². The van der Waals surface area contributed by atoms with Gasteiger partial charge in [0.25, 0.3) is 0 Å². The van der Waals surface area contributed by atoms with Gasteiger partial charge in [0.2, 0.25) is 0 Å². The first-order valence-corrected chi connectivity index (χ1v) is 10.1. The van der Waals surface area contributed by atoms with Crippen LogP contribution < -0.4 is 9.47 Å². The predicted molar refractivity (Wildman–Crippen MR) is 111 cm³/mol. The maximum Gasteiger partial charge on any atom is 0.159 e. The number of hydrogen-bond acceptors (Lipinski definition) is 4. The quantitative estimate of drug-likeness (QED) is 0.336. The summed E-state index contributed by atoms with van der Waals surface area (Å²) in [5, 5.41) is 0. The Balaban J connectivity index is 1.78. The van der Waals surface area contributed by atoms with Gasteiger partial charge in [-0.2, -0.15) is 0 Å². The van der Waals surface area contributed by atoms with Crippen LogP contribution in [-0.4, -0.2) is 23.2 Å². The monoisotopic (exact) mass is 368 g/mol. The van der Waals surface area contributed by atoms with Crippen molar-refractivity contribution in [2.24, 2.45) is 5.92 Å². The minimum atomic E-state index is 0.532. The molecule has 0 aliphatic heterocycles. The molecule has 2 rings (SSSR count). The van der Waals surface area contributed by atoms with Crippen LogP contribution in [0.1, 0.15) is 52.9 Å². The van der Waals surface area contributed by atoms with E-state index >= 15 is 0 Å². The molecule has 27 heavy (non-hydrogen) atoms. The number of allylic oxidation sites excluding steroid dienone is 2. The number of benzene rings is 1. The highest BCUT2D eigenvalue weighted by molar-refractivity contribution is 5.56. The molecule has 2 aromatic rings. The summed E-state index contributed by atoms with van der Waals surface area (Å²) in [7, 11) is 0. The molecule has 0 fully saturated rings. The van der Waals surface area contributed by atoms with E-state index in [9.17, 15) is 0 Å². The zero-order valence-electron chi connectivity index (χ0n) is 16.9. The van der Waals surface area contributed by atoms with Gasteiger partial charge in [-0.1, -0.05) is 39.3 Å². The van der Waals surface area contributed by atoms with Crippen LogP contribution in [0.15, 0.2) is 48.8 Å². The number of rotatable bonds is 12. The molecule has 0 saturated carbocycles. The van der Waals surface area contributed by atoms with Crippen molar-refractivity contribution >= 4 is 0 Å². The summed E-state index contributed by atoms with van der Waals surface area (Å²) in [6.07, 6.45) is 13.5. The first kappa shape index (κ1) is 20.9. The zero-order valence-corrected chi connectivity index (χ0v) is 16.9. The van der Waals surface area contributed by atoms with Crippen molar-refractivity contribution in [3.05, 3.63) is 48.8 Å². The van der Waals surface area contributed by atoms with Crippen molar-refractivity contribution in [2.75, 3.05) is 13.2 Å². The van der Waals surface area contributed by atoms with Crippen LogP contribution in [0.3, 0.4) is 0 Å². The second-order valence-corrected chi connectivity index (χ2v) is 6.82. The Hall–Kier alpha value is -2.36. The minimum Gasteiger partial charge on any atom is -0.494 e. The van der Waals surface area contributed by atoms with Crippen molar-refractivity contribution in [2.45, 2.75) is 52.9 Å². The molecule has 0 aliphatic carbocycles. The normalized spacial score (nSPS) is 12.3. The third-order valence-corrected chi connectivity index (χ3v) is 4.41. The first-order valence-electron chi connectivity index (χ1n) is 10.1. The van der Waals surface area contributed by atoms with E-state index in [0.29, 0.717) is 24.1 Å². The standard InChI is InChI=1S/C23H32N2O2/c1-4-6-7-8-9-10-15-26-21-13-11-20(12-14-21)23-24-16-22(17-25-23)27-18-19(3)5-2/h6-7,11-14,16-17,19H,4-5,8-10,15,18H2,1-3H3/t19-/m0/s1. The molecular formula is C23H32N2O2.